The van der Waals surface area contributed by atoms with Crippen molar-refractivity contribution in [2.24, 2.45) is 10.9 Å². The molecule has 0 radical (unpaired) electrons. The van der Waals surface area contributed by atoms with Gasteiger partial charge in [-0.3, -0.25) is 4.79 Å². The molecule has 2 aromatic rings. The van der Waals surface area contributed by atoms with Gasteiger partial charge in [0.25, 0.3) is 0 Å². The molecule has 0 heterocycles. The summed E-state index contributed by atoms with van der Waals surface area (Å²) in [5, 5.41) is 5.60. The van der Waals surface area contributed by atoms with Gasteiger partial charge in [0.05, 0.1) is 0 Å². The van der Waals surface area contributed by atoms with Crippen molar-refractivity contribution in [3.8, 4) is 0 Å². The van der Waals surface area contributed by atoms with Crippen LogP contribution < -0.4 is 5.84 Å². The molecule has 15 heavy (non-hydrogen) atoms. The number of rotatable bonds is 0. The molecule has 0 amide bonds. The first kappa shape index (κ1) is 8.17. The summed E-state index contributed by atoms with van der Waals surface area (Å²) in [5.74, 6) is 5.17. The number of ketones is 1. The maximum atomic E-state index is 11.9. The maximum Gasteiger partial charge on any atom is 0.214 e. The number of carbonyl (C=O) groups is 1. The van der Waals surface area contributed by atoms with Gasteiger partial charge < -0.3 is 5.84 Å². The Balaban J connectivity index is 2.56. The van der Waals surface area contributed by atoms with Crippen molar-refractivity contribution in [2.75, 3.05) is 0 Å². The Labute approximate surface area is 86.2 Å². The lowest BCUT2D eigenvalue weighted by Gasteiger charge is -1.98. The maximum absolute atomic E-state index is 11.9. The molecular weight excluding hydrogens is 188 g/mol. The van der Waals surface area contributed by atoms with Crippen molar-refractivity contribution in [1.29, 1.82) is 0 Å². The highest BCUT2D eigenvalue weighted by Gasteiger charge is 2.28. The second-order valence-corrected chi connectivity index (χ2v) is 3.52. The quantitative estimate of drug-likeness (QED) is 0.515. The van der Waals surface area contributed by atoms with Gasteiger partial charge in [-0.1, -0.05) is 36.4 Å². The molecule has 0 saturated heterocycles. The standard InChI is InChI=1S/C12H8N2O/c13-14-11-8-5-1-3-7-4-2-6-9(10(7)8)12(11)15/h1-6H,13H2/b14-11+. The van der Waals surface area contributed by atoms with Crippen LogP contribution in [0.3, 0.4) is 0 Å². The van der Waals surface area contributed by atoms with Crippen LogP contribution in [0, 0.1) is 0 Å². The van der Waals surface area contributed by atoms with E-state index in [1.807, 2.05) is 36.4 Å². The van der Waals surface area contributed by atoms with E-state index in [1.165, 1.54) is 0 Å². The first-order valence-electron chi connectivity index (χ1n) is 4.67. The lowest BCUT2D eigenvalue weighted by molar-refractivity contribution is 0.107. The number of carbonyl (C=O) groups excluding carboxylic acids is 1. The van der Waals surface area contributed by atoms with E-state index >= 15 is 0 Å². The summed E-state index contributed by atoms with van der Waals surface area (Å²) in [6, 6.07) is 11.4. The lowest BCUT2D eigenvalue weighted by Crippen LogP contribution is -2.10. The van der Waals surface area contributed by atoms with E-state index in [9.17, 15) is 4.79 Å². The van der Waals surface area contributed by atoms with Crippen molar-refractivity contribution >= 4 is 22.3 Å². The van der Waals surface area contributed by atoms with Gasteiger partial charge in [-0.25, -0.2) is 0 Å². The van der Waals surface area contributed by atoms with Gasteiger partial charge in [-0.2, -0.15) is 5.10 Å². The number of hydrogen-bond acceptors (Lipinski definition) is 3. The Morgan fingerprint density at radius 1 is 1.00 bits per heavy atom. The van der Waals surface area contributed by atoms with Gasteiger partial charge in [-0.15, -0.1) is 0 Å². The zero-order chi connectivity index (χ0) is 10.4. The molecule has 0 fully saturated rings. The fourth-order valence-electron chi connectivity index (χ4n) is 2.11. The molecule has 72 valence electrons. The first-order chi connectivity index (χ1) is 7.33. The molecule has 0 atom stereocenters. The number of Topliss-reactive ketones (excluding diaryl/α,β-unsaturated/α-hetero) is 1. The Kier molecular flexibility index (Phi) is 1.45. The summed E-state index contributed by atoms with van der Waals surface area (Å²) in [7, 11) is 0. The molecule has 3 rings (SSSR count). The third-order valence-electron chi connectivity index (χ3n) is 2.75. The summed E-state index contributed by atoms with van der Waals surface area (Å²) >= 11 is 0. The fraction of sp³-hybridized carbons (Fsp3) is 0. The SMILES string of the molecule is N/N=C1/C(=O)c2cccc3cccc1c23. The van der Waals surface area contributed by atoms with Gasteiger partial charge in [0.1, 0.15) is 5.71 Å². The number of nitrogens with two attached hydrogens (primary N) is 1. The molecule has 0 aliphatic heterocycles. The Hall–Kier alpha value is -2.16. The molecule has 0 bridgehead atoms. The minimum absolute atomic E-state index is 0.0794. The molecule has 0 spiro atoms. The third-order valence-corrected chi connectivity index (χ3v) is 2.75. The van der Waals surface area contributed by atoms with E-state index in [1.54, 1.807) is 0 Å². The normalized spacial score (nSPS) is 16.5. The third kappa shape index (κ3) is 0.892. The van der Waals surface area contributed by atoms with E-state index in [2.05, 4.69) is 5.10 Å². The summed E-state index contributed by atoms with van der Waals surface area (Å²) in [5.41, 5.74) is 1.91. The lowest BCUT2D eigenvalue weighted by atomic mass is 10.1. The predicted octanol–water partition coefficient (Wildman–Crippen LogP) is 1.70. The highest BCUT2D eigenvalue weighted by atomic mass is 16.1. The Bertz CT molecular complexity index is 609. The van der Waals surface area contributed by atoms with Gasteiger partial charge in [0.15, 0.2) is 0 Å². The van der Waals surface area contributed by atoms with Crippen LogP contribution >= 0.6 is 0 Å². The predicted molar refractivity (Wildman–Crippen MR) is 59.0 cm³/mol. The number of benzene rings is 2. The van der Waals surface area contributed by atoms with Crippen molar-refractivity contribution in [3.05, 3.63) is 47.5 Å². The van der Waals surface area contributed by atoms with Crippen molar-refractivity contribution in [1.82, 2.24) is 0 Å². The molecule has 0 unspecified atom stereocenters. The average Bonchev–Trinajstić information content (AvgIpc) is 2.55. The zero-order valence-corrected chi connectivity index (χ0v) is 7.90. The van der Waals surface area contributed by atoms with E-state index in [0.717, 1.165) is 16.3 Å². The summed E-state index contributed by atoms with van der Waals surface area (Å²) < 4.78 is 0. The average molecular weight is 196 g/mol. The summed E-state index contributed by atoms with van der Waals surface area (Å²) in [6.45, 7) is 0. The molecule has 3 nitrogen and oxygen atoms in total. The van der Waals surface area contributed by atoms with E-state index < -0.39 is 0 Å². The van der Waals surface area contributed by atoms with Gasteiger partial charge in [0, 0.05) is 16.5 Å². The van der Waals surface area contributed by atoms with Crippen molar-refractivity contribution < 1.29 is 4.79 Å². The molecule has 1 aliphatic rings. The van der Waals surface area contributed by atoms with Crippen LogP contribution in [-0.4, -0.2) is 11.5 Å². The van der Waals surface area contributed by atoms with Crippen LogP contribution in [0.4, 0.5) is 0 Å². The molecule has 1 aliphatic carbocycles. The summed E-state index contributed by atoms with van der Waals surface area (Å²) in [6.07, 6.45) is 0. The summed E-state index contributed by atoms with van der Waals surface area (Å²) in [4.78, 5) is 11.9. The van der Waals surface area contributed by atoms with Crippen LogP contribution in [0.25, 0.3) is 10.8 Å². The van der Waals surface area contributed by atoms with Gasteiger partial charge >= 0.3 is 0 Å². The van der Waals surface area contributed by atoms with Gasteiger partial charge in [0.2, 0.25) is 5.78 Å². The second kappa shape index (κ2) is 2.67. The highest BCUT2D eigenvalue weighted by Crippen LogP contribution is 2.30. The van der Waals surface area contributed by atoms with Crippen LogP contribution in [0.2, 0.25) is 0 Å². The number of hydrazone groups is 1. The first-order valence-corrected chi connectivity index (χ1v) is 4.67. The van der Waals surface area contributed by atoms with E-state index in [4.69, 9.17) is 5.84 Å². The fourth-order valence-corrected chi connectivity index (χ4v) is 2.11. The second-order valence-electron chi connectivity index (χ2n) is 3.52. The molecule has 2 N–H and O–H groups in total. The van der Waals surface area contributed by atoms with Crippen LogP contribution in [0.1, 0.15) is 15.9 Å². The van der Waals surface area contributed by atoms with Gasteiger partial charge in [-0.05, 0) is 5.39 Å². The topological polar surface area (TPSA) is 55.4 Å². The van der Waals surface area contributed by atoms with Crippen LogP contribution in [-0.2, 0) is 0 Å². The molecule has 2 aromatic carbocycles. The highest BCUT2D eigenvalue weighted by molar-refractivity contribution is 6.59. The van der Waals surface area contributed by atoms with Crippen molar-refractivity contribution in [3.63, 3.8) is 0 Å². The largest absolute Gasteiger partial charge is 0.323 e. The number of hydrogen-bond donors (Lipinski definition) is 1. The van der Waals surface area contributed by atoms with Crippen molar-refractivity contribution in [2.45, 2.75) is 0 Å². The van der Waals surface area contributed by atoms with E-state index in [-0.39, 0.29) is 5.78 Å². The van der Waals surface area contributed by atoms with Crippen LogP contribution in [0.15, 0.2) is 41.5 Å². The van der Waals surface area contributed by atoms with Crippen LogP contribution in [0.5, 0.6) is 0 Å². The zero-order valence-electron chi connectivity index (χ0n) is 7.90. The molecule has 3 heteroatoms. The Morgan fingerprint density at radius 3 is 2.33 bits per heavy atom. The van der Waals surface area contributed by atoms with E-state index in [0.29, 0.717) is 11.3 Å². The Morgan fingerprint density at radius 2 is 1.67 bits per heavy atom. The number of nitrogens with zero attached hydrogens (tertiary/aromatic N) is 1. The molecule has 0 saturated carbocycles. The minimum atomic E-state index is -0.0794. The monoisotopic (exact) mass is 196 g/mol. The minimum Gasteiger partial charge on any atom is -0.323 e. The smallest absolute Gasteiger partial charge is 0.214 e. The molecule has 0 aromatic heterocycles. The molecular formula is C12H8N2O.